The first-order valence-electron chi connectivity index (χ1n) is 5.91. The molecule has 1 unspecified atom stereocenters. The SMILES string of the molecule is Cc1nc(N2CCCC2)ncc1C(C)C(=O)O. The maximum absolute atomic E-state index is 10.9. The highest BCUT2D eigenvalue weighted by atomic mass is 16.4. The average Bonchev–Trinajstić information content (AvgIpc) is 2.81. The largest absolute Gasteiger partial charge is 0.481 e. The van der Waals surface area contributed by atoms with Crippen LogP contribution in [0.4, 0.5) is 5.95 Å². The summed E-state index contributed by atoms with van der Waals surface area (Å²) in [7, 11) is 0. The van der Waals surface area contributed by atoms with Crippen LogP contribution in [0.5, 0.6) is 0 Å². The molecule has 92 valence electrons. The first-order valence-corrected chi connectivity index (χ1v) is 5.91. The third kappa shape index (κ3) is 2.38. The van der Waals surface area contributed by atoms with Gasteiger partial charge in [0.1, 0.15) is 0 Å². The number of carboxylic acid groups (broad SMARTS) is 1. The molecule has 1 saturated heterocycles. The molecule has 1 aromatic rings. The fraction of sp³-hybridized carbons (Fsp3) is 0.583. The van der Waals surface area contributed by atoms with Crippen molar-refractivity contribution >= 4 is 11.9 Å². The van der Waals surface area contributed by atoms with Gasteiger partial charge in [0.05, 0.1) is 5.92 Å². The maximum Gasteiger partial charge on any atom is 0.310 e. The minimum atomic E-state index is -0.842. The van der Waals surface area contributed by atoms with Crippen molar-refractivity contribution in [3.8, 4) is 0 Å². The van der Waals surface area contributed by atoms with Crippen LogP contribution in [0.3, 0.4) is 0 Å². The highest BCUT2D eigenvalue weighted by Gasteiger charge is 2.20. The molecule has 1 aliphatic rings. The Kier molecular flexibility index (Phi) is 3.26. The number of anilines is 1. The number of carbonyl (C=O) groups is 1. The molecule has 0 radical (unpaired) electrons. The number of nitrogens with zero attached hydrogens (tertiary/aromatic N) is 3. The molecule has 0 saturated carbocycles. The summed E-state index contributed by atoms with van der Waals surface area (Å²) < 4.78 is 0. The highest BCUT2D eigenvalue weighted by Crippen LogP contribution is 2.21. The molecule has 5 heteroatoms. The monoisotopic (exact) mass is 235 g/mol. The van der Waals surface area contributed by atoms with Crippen LogP contribution in [-0.4, -0.2) is 34.1 Å². The zero-order valence-corrected chi connectivity index (χ0v) is 10.2. The summed E-state index contributed by atoms with van der Waals surface area (Å²) in [5.41, 5.74) is 1.46. The van der Waals surface area contributed by atoms with Crippen molar-refractivity contribution in [2.24, 2.45) is 0 Å². The molecule has 2 rings (SSSR count). The van der Waals surface area contributed by atoms with Gasteiger partial charge in [-0.1, -0.05) is 0 Å². The minimum absolute atomic E-state index is 0.553. The molecule has 1 aromatic heterocycles. The van der Waals surface area contributed by atoms with Crippen molar-refractivity contribution in [3.63, 3.8) is 0 Å². The second-order valence-electron chi connectivity index (χ2n) is 4.46. The molecule has 1 fully saturated rings. The van der Waals surface area contributed by atoms with Gasteiger partial charge in [0.15, 0.2) is 0 Å². The molecular formula is C12H17N3O2. The van der Waals surface area contributed by atoms with Crippen molar-refractivity contribution in [1.82, 2.24) is 9.97 Å². The van der Waals surface area contributed by atoms with Gasteiger partial charge in [-0.3, -0.25) is 4.79 Å². The predicted octanol–water partition coefficient (Wildman–Crippen LogP) is 1.57. The fourth-order valence-corrected chi connectivity index (χ4v) is 2.09. The van der Waals surface area contributed by atoms with Crippen LogP contribution < -0.4 is 4.90 Å². The smallest absolute Gasteiger partial charge is 0.310 e. The summed E-state index contributed by atoms with van der Waals surface area (Å²) in [6, 6.07) is 0. The second kappa shape index (κ2) is 4.69. The standard InChI is InChI=1S/C12H17N3O2/c1-8(11(16)17)10-7-13-12(14-9(10)2)15-5-3-4-6-15/h7-8H,3-6H2,1-2H3,(H,16,17). The van der Waals surface area contributed by atoms with Gasteiger partial charge in [0.25, 0.3) is 0 Å². The molecule has 17 heavy (non-hydrogen) atoms. The van der Waals surface area contributed by atoms with E-state index in [2.05, 4.69) is 14.9 Å². The first kappa shape index (κ1) is 11.8. The van der Waals surface area contributed by atoms with Gasteiger partial charge in [0.2, 0.25) is 5.95 Å². The molecule has 1 aliphatic heterocycles. The number of aromatic nitrogens is 2. The number of hydrogen-bond acceptors (Lipinski definition) is 4. The Bertz CT molecular complexity index is 428. The van der Waals surface area contributed by atoms with E-state index in [0.29, 0.717) is 5.56 Å². The Balaban J connectivity index is 2.24. The molecule has 0 amide bonds. The fourth-order valence-electron chi connectivity index (χ4n) is 2.09. The zero-order chi connectivity index (χ0) is 12.4. The second-order valence-corrected chi connectivity index (χ2v) is 4.46. The van der Waals surface area contributed by atoms with Crippen molar-refractivity contribution in [2.75, 3.05) is 18.0 Å². The molecule has 2 heterocycles. The van der Waals surface area contributed by atoms with Crippen molar-refractivity contribution < 1.29 is 9.90 Å². The third-order valence-electron chi connectivity index (χ3n) is 3.23. The minimum Gasteiger partial charge on any atom is -0.481 e. The van der Waals surface area contributed by atoms with Crippen LogP contribution in [-0.2, 0) is 4.79 Å². The van der Waals surface area contributed by atoms with Crippen molar-refractivity contribution in [2.45, 2.75) is 32.6 Å². The molecule has 0 bridgehead atoms. The number of aryl methyl sites for hydroxylation is 1. The lowest BCUT2D eigenvalue weighted by Crippen LogP contribution is -2.21. The van der Waals surface area contributed by atoms with E-state index >= 15 is 0 Å². The van der Waals surface area contributed by atoms with E-state index in [1.807, 2.05) is 6.92 Å². The number of hydrogen-bond donors (Lipinski definition) is 1. The Labute approximate surface area is 100 Å². The summed E-state index contributed by atoms with van der Waals surface area (Å²) in [5.74, 6) is -0.672. The lowest BCUT2D eigenvalue weighted by Gasteiger charge is -2.17. The van der Waals surface area contributed by atoms with Gasteiger partial charge in [-0.05, 0) is 26.7 Å². The van der Waals surface area contributed by atoms with Crippen LogP contribution in [0.15, 0.2) is 6.20 Å². The first-order chi connectivity index (χ1) is 8.09. The van der Waals surface area contributed by atoms with Gasteiger partial charge >= 0.3 is 5.97 Å². The summed E-state index contributed by atoms with van der Waals surface area (Å²) >= 11 is 0. The van der Waals surface area contributed by atoms with Gasteiger partial charge in [-0.25, -0.2) is 9.97 Å². The summed E-state index contributed by atoms with van der Waals surface area (Å²) in [6.45, 7) is 5.49. The van der Waals surface area contributed by atoms with Gasteiger partial charge in [0, 0.05) is 30.5 Å². The molecule has 0 aliphatic carbocycles. The summed E-state index contributed by atoms with van der Waals surface area (Å²) in [6.07, 6.45) is 4.00. The van der Waals surface area contributed by atoms with Crippen molar-refractivity contribution in [1.29, 1.82) is 0 Å². The van der Waals surface area contributed by atoms with Gasteiger partial charge in [-0.2, -0.15) is 0 Å². The predicted molar refractivity (Wildman–Crippen MR) is 64.3 cm³/mol. The average molecular weight is 235 g/mol. The van der Waals surface area contributed by atoms with E-state index in [0.717, 1.165) is 24.7 Å². The Morgan fingerprint density at radius 1 is 1.47 bits per heavy atom. The van der Waals surface area contributed by atoms with E-state index < -0.39 is 11.9 Å². The van der Waals surface area contributed by atoms with Crippen LogP contribution in [0.1, 0.15) is 36.9 Å². The molecular weight excluding hydrogens is 218 g/mol. The molecule has 1 N–H and O–H groups in total. The molecule has 5 nitrogen and oxygen atoms in total. The van der Waals surface area contributed by atoms with Crippen LogP contribution in [0, 0.1) is 6.92 Å². The Morgan fingerprint density at radius 2 is 2.12 bits per heavy atom. The molecule has 0 aromatic carbocycles. The lowest BCUT2D eigenvalue weighted by molar-refractivity contribution is -0.138. The summed E-state index contributed by atoms with van der Waals surface area (Å²) in [5, 5.41) is 8.97. The Morgan fingerprint density at radius 3 is 2.65 bits per heavy atom. The molecule has 0 spiro atoms. The van der Waals surface area contributed by atoms with Crippen molar-refractivity contribution in [3.05, 3.63) is 17.5 Å². The van der Waals surface area contributed by atoms with Crippen LogP contribution in [0.25, 0.3) is 0 Å². The maximum atomic E-state index is 10.9. The third-order valence-corrected chi connectivity index (χ3v) is 3.23. The van der Waals surface area contributed by atoms with Gasteiger partial charge < -0.3 is 10.0 Å². The summed E-state index contributed by atoms with van der Waals surface area (Å²) in [4.78, 5) is 21.8. The number of carboxylic acids is 1. The van der Waals surface area contributed by atoms with Crippen LogP contribution >= 0.6 is 0 Å². The topological polar surface area (TPSA) is 66.3 Å². The highest BCUT2D eigenvalue weighted by molar-refractivity contribution is 5.75. The Hall–Kier alpha value is -1.65. The number of rotatable bonds is 3. The van der Waals surface area contributed by atoms with E-state index in [1.165, 1.54) is 12.8 Å². The zero-order valence-electron chi connectivity index (χ0n) is 10.2. The van der Waals surface area contributed by atoms with E-state index in [4.69, 9.17) is 5.11 Å². The van der Waals surface area contributed by atoms with E-state index in [1.54, 1.807) is 13.1 Å². The van der Waals surface area contributed by atoms with E-state index in [-0.39, 0.29) is 0 Å². The quantitative estimate of drug-likeness (QED) is 0.861. The van der Waals surface area contributed by atoms with E-state index in [9.17, 15) is 4.79 Å². The normalized spacial score (nSPS) is 17.2. The number of aliphatic carboxylic acids is 1. The van der Waals surface area contributed by atoms with Gasteiger partial charge in [-0.15, -0.1) is 0 Å². The lowest BCUT2D eigenvalue weighted by atomic mass is 10.0. The van der Waals surface area contributed by atoms with Crippen LogP contribution in [0.2, 0.25) is 0 Å². The molecule has 1 atom stereocenters.